The summed E-state index contributed by atoms with van der Waals surface area (Å²) in [7, 11) is 3.13. The SMILES string of the molecule is CNc1c([N+](=O)[O-])c(CO)nn1C. The lowest BCUT2D eigenvalue weighted by molar-refractivity contribution is -0.385. The third-order valence-electron chi connectivity index (χ3n) is 1.66. The molecular formula is C6H10N4O3. The van der Waals surface area contributed by atoms with Gasteiger partial charge in [-0.1, -0.05) is 0 Å². The Morgan fingerprint density at radius 1 is 1.77 bits per heavy atom. The summed E-state index contributed by atoms with van der Waals surface area (Å²) < 4.78 is 1.32. The molecule has 2 N–H and O–H groups in total. The molecule has 0 saturated carbocycles. The van der Waals surface area contributed by atoms with Gasteiger partial charge >= 0.3 is 5.69 Å². The van der Waals surface area contributed by atoms with Gasteiger partial charge in [-0.3, -0.25) is 10.1 Å². The van der Waals surface area contributed by atoms with E-state index in [1.165, 1.54) is 4.68 Å². The number of nitrogens with zero attached hydrogens (tertiary/aromatic N) is 3. The van der Waals surface area contributed by atoms with Crippen LogP contribution in [0.3, 0.4) is 0 Å². The highest BCUT2D eigenvalue weighted by Crippen LogP contribution is 2.27. The fourth-order valence-corrected chi connectivity index (χ4v) is 1.15. The average Bonchev–Trinajstić information content (AvgIpc) is 2.41. The molecule has 0 fully saturated rings. The normalized spacial score (nSPS) is 10.1. The van der Waals surface area contributed by atoms with Crippen molar-refractivity contribution in [3.63, 3.8) is 0 Å². The van der Waals surface area contributed by atoms with Gasteiger partial charge in [-0.15, -0.1) is 0 Å². The topological polar surface area (TPSA) is 93.2 Å². The number of rotatable bonds is 3. The number of hydrogen-bond acceptors (Lipinski definition) is 5. The predicted molar refractivity (Wildman–Crippen MR) is 45.3 cm³/mol. The van der Waals surface area contributed by atoms with Crippen LogP contribution >= 0.6 is 0 Å². The lowest BCUT2D eigenvalue weighted by Gasteiger charge is -1.97. The Bertz CT molecular complexity index is 333. The second-order valence-electron chi connectivity index (χ2n) is 2.43. The highest BCUT2D eigenvalue weighted by molar-refractivity contribution is 5.59. The number of aliphatic hydroxyl groups excluding tert-OH is 1. The van der Waals surface area contributed by atoms with E-state index in [2.05, 4.69) is 10.4 Å². The number of aliphatic hydroxyl groups is 1. The molecule has 7 heteroatoms. The van der Waals surface area contributed by atoms with Crippen LogP contribution < -0.4 is 5.32 Å². The third kappa shape index (κ3) is 1.45. The minimum Gasteiger partial charge on any atom is -0.390 e. The van der Waals surface area contributed by atoms with E-state index in [0.29, 0.717) is 0 Å². The van der Waals surface area contributed by atoms with Crippen LogP contribution in [-0.2, 0) is 13.7 Å². The smallest absolute Gasteiger partial charge is 0.336 e. The Labute approximate surface area is 74.1 Å². The summed E-state index contributed by atoms with van der Waals surface area (Å²) in [5.74, 6) is 0.286. The zero-order valence-electron chi connectivity index (χ0n) is 7.31. The molecule has 72 valence electrons. The summed E-state index contributed by atoms with van der Waals surface area (Å²) in [6.07, 6.45) is 0. The Balaban J connectivity index is 3.32. The summed E-state index contributed by atoms with van der Waals surface area (Å²) in [5, 5.41) is 25.8. The van der Waals surface area contributed by atoms with Crippen LogP contribution in [0.4, 0.5) is 11.5 Å². The number of aromatic nitrogens is 2. The minimum atomic E-state index is -0.565. The molecule has 0 aliphatic carbocycles. The maximum absolute atomic E-state index is 10.6. The van der Waals surface area contributed by atoms with Crippen LogP contribution in [0.5, 0.6) is 0 Å². The highest BCUT2D eigenvalue weighted by atomic mass is 16.6. The molecule has 0 atom stereocenters. The Morgan fingerprint density at radius 3 is 2.77 bits per heavy atom. The van der Waals surface area contributed by atoms with E-state index in [0.717, 1.165) is 0 Å². The zero-order valence-corrected chi connectivity index (χ0v) is 7.31. The fourth-order valence-electron chi connectivity index (χ4n) is 1.15. The standard InChI is InChI=1S/C6H10N4O3/c1-7-6-5(10(12)13)4(3-11)8-9(6)2/h7,11H,3H2,1-2H3. The van der Waals surface area contributed by atoms with Crippen LogP contribution in [0.2, 0.25) is 0 Å². The quantitative estimate of drug-likeness (QED) is 0.506. The molecule has 1 heterocycles. The van der Waals surface area contributed by atoms with Gasteiger partial charge in [-0.05, 0) is 0 Å². The number of nitro groups is 1. The van der Waals surface area contributed by atoms with Crippen molar-refractivity contribution in [1.82, 2.24) is 9.78 Å². The molecule has 13 heavy (non-hydrogen) atoms. The monoisotopic (exact) mass is 186 g/mol. The first kappa shape index (κ1) is 9.46. The summed E-state index contributed by atoms with van der Waals surface area (Å²) in [6.45, 7) is -0.439. The first-order valence-corrected chi connectivity index (χ1v) is 3.60. The number of hydrogen-bond donors (Lipinski definition) is 2. The molecule has 0 bridgehead atoms. The number of nitrogens with one attached hydrogen (secondary N) is 1. The van der Waals surface area contributed by atoms with E-state index in [-0.39, 0.29) is 17.2 Å². The van der Waals surface area contributed by atoms with Gasteiger partial charge in [-0.2, -0.15) is 5.10 Å². The van der Waals surface area contributed by atoms with Gasteiger partial charge < -0.3 is 10.4 Å². The first-order valence-electron chi connectivity index (χ1n) is 3.60. The molecule has 0 aliphatic rings. The second-order valence-corrected chi connectivity index (χ2v) is 2.43. The van der Waals surface area contributed by atoms with Gasteiger partial charge in [0.15, 0.2) is 5.69 Å². The average molecular weight is 186 g/mol. The molecule has 0 unspecified atom stereocenters. The maximum atomic E-state index is 10.6. The third-order valence-corrected chi connectivity index (χ3v) is 1.66. The van der Waals surface area contributed by atoms with Crippen LogP contribution in [0.25, 0.3) is 0 Å². The lowest BCUT2D eigenvalue weighted by atomic mass is 10.3. The molecule has 0 spiro atoms. The molecule has 0 amide bonds. The summed E-state index contributed by atoms with van der Waals surface area (Å²) in [6, 6.07) is 0. The van der Waals surface area contributed by atoms with Crippen LogP contribution in [0, 0.1) is 10.1 Å². The Morgan fingerprint density at radius 2 is 2.38 bits per heavy atom. The molecule has 0 saturated heterocycles. The van der Waals surface area contributed by atoms with Crippen molar-refractivity contribution in [2.75, 3.05) is 12.4 Å². The van der Waals surface area contributed by atoms with Crippen molar-refractivity contribution in [2.45, 2.75) is 6.61 Å². The molecule has 0 aliphatic heterocycles. The first-order chi connectivity index (χ1) is 6.11. The molecule has 1 aromatic rings. The van der Waals surface area contributed by atoms with Crippen molar-refractivity contribution >= 4 is 11.5 Å². The fraction of sp³-hybridized carbons (Fsp3) is 0.500. The number of aryl methyl sites for hydroxylation is 1. The van der Waals surface area contributed by atoms with Crippen LogP contribution in [0.15, 0.2) is 0 Å². The molecule has 1 aromatic heterocycles. The minimum absolute atomic E-state index is 0.0665. The van der Waals surface area contributed by atoms with Crippen LogP contribution in [0.1, 0.15) is 5.69 Å². The molecule has 7 nitrogen and oxygen atoms in total. The molecule has 1 rings (SSSR count). The van der Waals surface area contributed by atoms with Gasteiger partial charge in [-0.25, -0.2) is 4.68 Å². The molecule has 0 radical (unpaired) electrons. The summed E-state index contributed by atoms with van der Waals surface area (Å²) in [5.41, 5.74) is -0.107. The lowest BCUT2D eigenvalue weighted by Crippen LogP contribution is -2.00. The number of anilines is 1. The van der Waals surface area contributed by atoms with Crippen molar-refractivity contribution < 1.29 is 10.0 Å². The Kier molecular flexibility index (Phi) is 2.47. The van der Waals surface area contributed by atoms with E-state index in [1.807, 2.05) is 0 Å². The Hall–Kier alpha value is -1.63. The summed E-state index contributed by atoms with van der Waals surface area (Å²) in [4.78, 5) is 10.0. The highest BCUT2D eigenvalue weighted by Gasteiger charge is 2.24. The van der Waals surface area contributed by atoms with Crippen molar-refractivity contribution in [1.29, 1.82) is 0 Å². The van der Waals surface area contributed by atoms with Crippen molar-refractivity contribution in [3.05, 3.63) is 15.8 Å². The van der Waals surface area contributed by atoms with Gasteiger partial charge in [0.25, 0.3) is 0 Å². The molecular weight excluding hydrogens is 176 g/mol. The zero-order chi connectivity index (χ0) is 10.0. The van der Waals surface area contributed by atoms with Crippen molar-refractivity contribution in [3.8, 4) is 0 Å². The largest absolute Gasteiger partial charge is 0.390 e. The maximum Gasteiger partial charge on any atom is 0.336 e. The van der Waals surface area contributed by atoms with E-state index >= 15 is 0 Å². The second kappa shape index (κ2) is 3.40. The van der Waals surface area contributed by atoms with E-state index in [4.69, 9.17) is 5.11 Å². The van der Waals surface area contributed by atoms with E-state index in [9.17, 15) is 10.1 Å². The van der Waals surface area contributed by atoms with Gasteiger partial charge in [0.2, 0.25) is 5.82 Å². The van der Waals surface area contributed by atoms with Crippen molar-refractivity contribution in [2.24, 2.45) is 7.05 Å². The summed E-state index contributed by atoms with van der Waals surface area (Å²) >= 11 is 0. The van der Waals surface area contributed by atoms with E-state index in [1.54, 1.807) is 14.1 Å². The van der Waals surface area contributed by atoms with Gasteiger partial charge in [0.1, 0.15) is 0 Å². The van der Waals surface area contributed by atoms with Crippen LogP contribution in [-0.4, -0.2) is 26.9 Å². The van der Waals surface area contributed by atoms with Gasteiger partial charge in [0, 0.05) is 14.1 Å². The van der Waals surface area contributed by atoms with E-state index < -0.39 is 11.5 Å². The van der Waals surface area contributed by atoms with Gasteiger partial charge in [0.05, 0.1) is 11.5 Å². The molecule has 0 aromatic carbocycles. The predicted octanol–water partition coefficient (Wildman–Crippen LogP) is -0.138.